The minimum absolute atomic E-state index is 0.0653. The molecule has 0 aliphatic rings. The van der Waals surface area contributed by atoms with Crippen molar-refractivity contribution in [3.8, 4) is 23.0 Å². The molecule has 0 spiro atoms. The van der Waals surface area contributed by atoms with Crippen molar-refractivity contribution in [2.45, 2.75) is 6.92 Å². The first-order chi connectivity index (χ1) is 16.2. The molecule has 0 aliphatic heterocycles. The number of amides is 1. The Morgan fingerprint density at radius 1 is 0.971 bits per heavy atom. The Morgan fingerprint density at radius 2 is 1.62 bits per heavy atom. The molecule has 1 amide bonds. The number of carbonyl (C=O) groups excluding carboxylic acids is 1. The molecule has 0 saturated carbocycles. The van der Waals surface area contributed by atoms with Crippen molar-refractivity contribution in [3.05, 3.63) is 71.2 Å². The lowest BCUT2D eigenvalue weighted by Crippen LogP contribution is -2.31. The van der Waals surface area contributed by atoms with Crippen LogP contribution in [0.25, 0.3) is 0 Å². The maximum Gasteiger partial charge on any atom is 0.258 e. The van der Waals surface area contributed by atoms with Crippen LogP contribution in [-0.2, 0) is 10.0 Å². The summed E-state index contributed by atoms with van der Waals surface area (Å²) < 4.78 is 42.6. The number of ether oxygens (including phenoxy) is 3. The van der Waals surface area contributed by atoms with Crippen LogP contribution in [0.1, 0.15) is 17.3 Å². The Kier molecular flexibility index (Phi) is 7.90. The van der Waals surface area contributed by atoms with Crippen LogP contribution in [0.5, 0.6) is 23.0 Å². The highest BCUT2D eigenvalue weighted by molar-refractivity contribution is 7.92. The molecule has 0 aliphatic carbocycles. The Morgan fingerprint density at radius 3 is 2.21 bits per heavy atom. The van der Waals surface area contributed by atoms with Crippen LogP contribution in [0.2, 0.25) is 5.02 Å². The molecule has 0 unspecified atom stereocenters. The van der Waals surface area contributed by atoms with Crippen LogP contribution in [-0.4, -0.2) is 41.3 Å². The minimum atomic E-state index is -3.69. The molecule has 1 N–H and O–H groups in total. The van der Waals surface area contributed by atoms with Crippen LogP contribution in [0, 0.1) is 0 Å². The summed E-state index contributed by atoms with van der Waals surface area (Å²) in [5, 5.41) is 3.17. The number of carbonyl (C=O) groups is 1. The molecule has 180 valence electrons. The third-order valence-corrected chi connectivity index (χ3v) is 6.35. The first kappa shape index (κ1) is 25.2. The van der Waals surface area contributed by atoms with Crippen molar-refractivity contribution >= 4 is 38.9 Å². The summed E-state index contributed by atoms with van der Waals surface area (Å²) in [5.41, 5.74) is 0.521. The second kappa shape index (κ2) is 10.7. The second-order valence-corrected chi connectivity index (χ2v) is 9.51. The van der Waals surface area contributed by atoms with Gasteiger partial charge < -0.3 is 19.5 Å². The van der Waals surface area contributed by atoms with Gasteiger partial charge in [-0.05, 0) is 43.3 Å². The van der Waals surface area contributed by atoms with E-state index in [1.807, 2.05) is 18.2 Å². The molecule has 10 heteroatoms. The van der Waals surface area contributed by atoms with Crippen molar-refractivity contribution < 1.29 is 27.4 Å². The lowest BCUT2D eigenvalue weighted by Gasteiger charge is -2.24. The predicted molar refractivity (Wildman–Crippen MR) is 133 cm³/mol. The fourth-order valence-corrected chi connectivity index (χ4v) is 4.48. The molecule has 3 rings (SSSR count). The Bertz CT molecular complexity index is 1280. The van der Waals surface area contributed by atoms with Gasteiger partial charge in [0.2, 0.25) is 10.0 Å². The number of halogens is 1. The summed E-state index contributed by atoms with van der Waals surface area (Å²) >= 11 is 6.17. The average molecular weight is 505 g/mol. The molecule has 34 heavy (non-hydrogen) atoms. The zero-order valence-corrected chi connectivity index (χ0v) is 20.7. The SMILES string of the molecule is CCN(c1cc(OC)c(OC)cc1C(=O)Nc1cc(Cl)ccc1Oc1ccccc1)S(C)(=O)=O. The number of benzene rings is 3. The van der Waals surface area contributed by atoms with Crippen molar-refractivity contribution in [1.29, 1.82) is 0 Å². The Labute approximate surface area is 204 Å². The number of hydrogen-bond acceptors (Lipinski definition) is 6. The minimum Gasteiger partial charge on any atom is -0.493 e. The smallest absolute Gasteiger partial charge is 0.258 e. The van der Waals surface area contributed by atoms with Gasteiger partial charge in [0.1, 0.15) is 5.75 Å². The quantitative estimate of drug-likeness (QED) is 0.431. The molecule has 0 radical (unpaired) electrons. The number of methoxy groups -OCH3 is 2. The third kappa shape index (κ3) is 5.73. The molecule has 0 fully saturated rings. The molecule has 0 saturated heterocycles. The molecule has 0 aromatic heterocycles. The lowest BCUT2D eigenvalue weighted by atomic mass is 10.1. The topological polar surface area (TPSA) is 94.2 Å². The summed E-state index contributed by atoms with van der Waals surface area (Å²) in [6.45, 7) is 1.77. The van der Waals surface area contributed by atoms with Crippen LogP contribution < -0.4 is 23.8 Å². The molecular formula is C24H25ClN2O6S. The van der Waals surface area contributed by atoms with E-state index >= 15 is 0 Å². The fraction of sp³-hybridized carbons (Fsp3) is 0.208. The molecule has 0 bridgehead atoms. The number of nitrogens with one attached hydrogen (secondary N) is 1. The summed E-state index contributed by atoms with van der Waals surface area (Å²) in [5.74, 6) is 0.904. The van der Waals surface area contributed by atoms with Gasteiger partial charge in [0, 0.05) is 17.6 Å². The standard InChI is InChI=1S/C24H25ClN2O6S/c1-5-27(34(4,29)30)20-15-23(32-3)22(31-2)14-18(20)24(28)26-19-13-16(25)11-12-21(19)33-17-9-7-6-8-10-17/h6-15H,5H2,1-4H3,(H,26,28). The molecule has 0 atom stereocenters. The van der Waals surface area contributed by atoms with Gasteiger partial charge in [-0.2, -0.15) is 0 Å². The van der Waals surface area contributed by atoms with Gasteiger partial charge in [0.15, 0.2) is 17.2 Å². The number of sulfonamides is 1. The monoisotopic (exact) mass is 504 g/mol. The maximum absolute atomic E-state index is 13.4. The van der Waals surface area contributed by atoms with Crippen molar-refractivity contribution in [3.63, 3.8) is 0 Å². The van der Waals surface area contributed by atoms with Gasteiger partial charge in [-0.25, -0.2) is 8.42 Å². The average Bonchev–Trinajstić information content (AvgIpc) is 2.80. The zero-order chi connectivity index (χ0) is 24.9. The summed E-state index contributed by atoms with van der Waals surface area (Å²) in [7, 11) is -0.831. The third-order valence-electron chi connectivity index (χ3n) is 4.86. The predicted octanol–water partition coefficient (Wildman–Crippen LogP) is 5.19. The van der Waals surface area contributed by atoms with E-state index in [0.29, 0.717) is 22.2 Å². The molecule has 0 heterocycles. The number of anilines is 2. The number of para-hydroxylation sites is 1. The first-order valence-electron chi connectivity index (χ1n) is 10.3. The van der Waals surface area contributed by atoms with E-state index in [1.54, 1.807) is 37.3 Å². The summed E-state index contributed by atoms with van der Waals surface area (Å²) in [4.78, 5) is 13.4. The first-order valence-corrected chi connectivity index (χ1v) is 12.5. The van der Waals surface area contributed by atoms with Crippen molar-refractivity contribution in [2.75, 3.05) is 36.6 Å². The Balaban J connectivity index is 2.07. The van der Waals surface area contributed by atoms with Crippen molar-refractivity contribution in [1.82, 2.24) is 0 Å². The van der Waals surface area contributed by atoms with E-state index in [9.17, 15) is 13.2 Å². The van der Waals surface area contributed by atoms with Gasteiger partial charge >= 0.3 is 0 Å². The van der Waals surface area contributed by atoms with Crippen molar-refractivity contribution in [2.24, 2.45) is 0 Å². The normalized spacial score (nSPS) is 11.0. The second-order valence-electron chi connectivity index (χ2n) is 7.16. The van der Waals surface area contributed by atoms with Gasteiger partial charge in [0.25, 0.3) is 5.91 Å². The van der Waals surface area contributed by atoms with Crippen LogP contribution in [0.15, 0.2) is 60.7 Å². The van der Waals surface area contributed by atoms with Gasteiger partial charge in [-0.1, -0.05) is 29.8 Å². The van der Waals surface area contributed by atoms with Gasteiger partial charge in [0.05, 0.1) is 37.4 Å². The highest BCUT2D eigenvalue weighted by atomic mass is 35.5. The van der Waals surface area contributed by atoms with Crippen LogP contribution in [0.4, 0.5) is 11.4 Å². The van der Waals surface area contributed by atoms with E-state index in [1.165, 1.54) is 26.4 Å². The molecular weight excluding hydrogens is 480 g/mol. The summed E-state index contributed by atoms with van der Waals surface area (Å²) in [6.07, 6.45) is 1.07. The van der Waals surface area contributed by atoms with Crippen LogP contribution >= 0.6 is 11.6 Å². The lowest BCUT2D eigenvalue weighted by molar-refractivity contribution is 0.102. The largest absolute Gasteiger partial charge is 0.493 e. The van der Waals surface area contributed by atoms with Crippen LogP contribution in [0.3, 0.4) is 0 Å². The Hall–Kier alpha value is -3.43. The van der Waals surface area contributed by atoms with Gasteiger partial charge in [-0.15, -0.1) is 0 Å². The fourth-order valence-electron chi connectivity index (χ4n) is 3.33. The van der Waals surface area contributed by atoms with E-state index in [2.05, 4.69) is 5.32 Å². The molecule has 3 aromatic carbocycles. The van der Waals surface area contributed by atoms with E-state index in [-0.39, 0.29) is 29.3 Å². The van der Waals surface area contributed by atoms with E-state index < -0.39 is 15.9 Å². The summed E-state index contributed by atoms with van der Waals surface area (Å²) in [6, 6.07) is 16.8. The number of nitrogens with zero attached hydrogens (tertiary/aromatic N) is 1. The highest BCUT2D eigenvalue weighted by Gasteiger charge is 2.26. The maximum atomic E-state index is 13.4. The highest BCUT2D eigenvalue weighted by Crippen LogP contribution is 2.38. The van der Waals surface area contributed by atoms with E-state index in [0.717, 1.165) is 10.6 Å². The zero-order valence-electron chi connectivity index (χ0n) is 19.2. The molecule has 3 aromatic rings. The number of rotatable bonds is 9. The molecule has 8 nitrogen and oxygen atoms in total. The van der Waals surface area contributed by atoms with E-state index in [4.69, 9.17) is 25.8 Å². The number of hydrogen-bond donors (Lipinski definition) is 1. The van der Waals surface area contributed by atoms with Gasteiger partial charge in [-0.3, -0.25) is 9.10 Å².